The molecule has 104 heavy (non-hydrogen) atoms. The number of hydrogen-bond acceptors (Lipinski definition) is 36. The van der Waals surface area contributed by atoms with Gasteiger partial charge in [-0.15, -0.1) is 0 Å². The molecule has 44 nitrogen and oxygen atoms in total. The van der Waals surface area contributed by atoms with E-state index in [1.165, 1.54) is 0 Å². The highest BCUT2D eigenvalue weighted by Gasteiger charge is 2.41. The number of amides is 4. The lowest BCUT2D eigenvalue weighted by Gasteiger charge is -2.41. The lowest BCUT2D eigenvalue weighted by molar-refractivity contribution is -0.150. The molecule has 4 unspecified atom stereocenters. The molecule has 0 aromatic heterocycles. The summed E-state index contributed by atoms with van der Waals surface area (Å²) in [5, 5.41) is 289. The fourth-order valence-electron chi connectivity index (χ4n) is 11.6. The van der Waals surface area contributed by atoms with E-state index in [0.717, 1.165) is 39.2 Å². The first-order valence-corrected chi connectivity index (χ1v) is 33.6. The Morgan fingerprint density at radius 2 is 0.394 bits per heavy atom. The predicted molar refractivity (Wildman–Crippen MR) is 348 cm³/mol. The first-order valence-electron chi connectivity index (χ1n) is 33.6. The maximum absolute atomic E-state index is 13.7. The van der Waals surface area contributed by atoms with Crippen LogP contribution in [0.15, 0.2) is 0 Å². The second-order valence-electron chi connectivity index (χ2n) is 25.2. The molecule has 1 rings (SSSR count). The minimum atomic E-state index is -2.27. The Hall–Kier alpha value is -5.36. The van der Waals surface area contributed by atoms with Gasteiger partial charge in [0.15, 0.2) is 0 Å². The van der Waals surface area contributed by atoms with Crippen molar-refractivity contribution in [1.29, 1.82) is 0 Å². The number of carbonyl (C=O) groups is 8. The number of rotatable bonds is 52. The zero-order valence-electron chi connectivity index (χ0n) is 57.5. The van der Waals surface area contributed by atoms with Gasteiger partial charge in [-0.1, -0.05) is 0 Å². The van der Waals surface area contributed by atoms with Gasteiger partial charge in [0.2, 0.25) is 23.6 Å². The third-order valence-corrected chi connectivity index (χ3v) is 17.9. The van der Waals surface area contributed by atoms with E-state index in [-0.39, 0.29) is 0 Å². The Balaban J connectivity index is 4.56. The Kier molecular flexibility index (Phi) is 46.7. The topological polar surface area (TPSA) is 729 Å². The molecule has 1 saturated heterocycles. The van der Waals surface area contributed by atoms with E-state index in [2.05, 4.69) is 0 Å². The van der Waals surface area contributed by atoms with Crippen molar-refractivity contribution in [3.05, 3.63) is 0 Å². The fraction of sp³-hybridized carbons (Fsp3) is 0.867. The molecule has 0 bridgehead atoms. The Morgan fingerprint density at radius 1 is 0.250 bits per heavy atom. The first kappa shape index (κ1) is 96.7. The SMILES string of the molecule is O=C(O)C(CCN(C[C@H](O)[C@@H](O)[C@H](O)[C@H](O)CO)C(=O)CCO)N1CCN(C(CCN(C[C@H](O)[C@@H](O)[C@H](O)[C@H](O)CO)C(=O)CCO)C(=O)O)CCN(C(CCN(C[C@H](O)[C@@H](O)[C@H](O)[C@H](O)CO)C(=O)CCO)C(=O)O)CCN(C(CCN(C[C@H](O)[C@@H](O)[C@H](O)[C@H](O)CO)C(=O)CCO)C(=O)O)CC1. The maximum atomic E-state index is 13.7. The van der Waals surface area contributed by atoms with Gasteiger partial charge in [0, 0.05) is 130 Å². The molecule has 1 aliphatic rings. The lowest BCUT2D eigenvalue weighted by atomic mass is 10.0. The zero-order chi connectivity index (χ0) is 79.4. The quantitative estimate of drug-likeness (QED) is 0.0269. The molecule has 1 aliphatic heterocycles. The summed E-state index contributed by atoms with van der Waals surface area (Å²) in [4.78, 5) is 117. The molecular formula is C60H112N8O36. The summed E-state index contributed by atoms with van der Waals surface area (Å²) >= 11 is 0. The van der Waals surface area contributed by atoms with Crippen LogP contribution in [0.2, 0.25) is 0 Å². The van der Waals surface area contributed by atoms with Crippen molar-refractivity contribution in [3.63, 3.8) is 0 Å². The van der Waals surface area contributed by atoms with Gasteiger partial charge in [0.1, 0.15) is 122 Å². The number of aliphatic hydroxyl groups is 24. The highest BCUT2D eigenvalue weighted by Crippen LogP contribution is 2.21. The van der Waals surface area contributed by atoms with Crippen LogP contribution < -0.4 is 0 Å². The number of nitrogens with zero attached hydrogens (tertiary/aromatic N) is 8. The number of aliphatic carboxylic acids is 4. The van der Waals surface area contributed by atoms with Crippen molar-refractivity contribution in [2.45, 2.75) is 173 Å². The van der Waals surface area contributed by atoms with Crippen LogP contribution in [0.3, 0.4) is 0 Å². The molecule has 20 atom stereocenters. The summed E-state index contributed by atoms with van der Waals surface area (Å²) in [5.74, 6) is -10.8. The monoisotopic (exact) mass is 1520 g/mol. The van der Waals surface area contributed by atoms with Crippen LogP contribution in [0.1, 0.15) is 51.4 Å². The minimum absolute atomic E-state index is 0.629. The lowest BCUT2D eigenvalue weighted by Crippen LogP contribution is -2.57. The van der Waals surface area contributed by atoms with E-state index < -0.39 is 378 Å². The molecule has 0 aromatic carbocycles. The average molecular weight is 1520 g/mol. The molecule has 0 saturated carbocycles. The van der Waals surface area contributed by atoms with E-state index in [4.69, 9.17) is 0 Å². The number of carbonyl (C=O) groups excluding carboxylic acids is 4. The standard InChI is InChI=1S/C60H112N8O36/c69-21-5-45(85)65(25-37(77)49(89)53(93)41(81)29-73)9-1-33(57(97)98)61-13-15-62(34(58(99)100)2-10-66(46(86)6-22-70)26-38(78)50(90)54(94)42(82)30-74)17-19-64(36(60(103)104)4-12-68(48(88)8-24-72)28-40(80)52(92)56(96)44(84)32-76)20-18-63(16-14-61)35(59(101)102)3-11-67(47(87)7-23-71)27-39(79)51(91)55(95)43(83)31-75/h33-44,49-56,69-84,89-96H,1-32H2,(H,97,98)(H,99,100)(H,101,102)(H,103,104)/t33?,34?,35?,36?,37-,38-,39-,40-,41+,42+,43+,44+,49+,50+,51+,52+,53+,54+,55+,56+/m0/s1. The molecule has 1 fully saturated rings. The second kappa shape index (κ2) is 50.3. The molecule has 0 spiro atoms. The summed E-state index contributed by atoms with van der Waals surface area (Å²) in [6.45, 7) is -19.3. The maximum Gasteiger partial charge on any atom is 0.320 e. The van der Waals surface area contributed by atoms with Crippen molar-refractivity contribution in [2.24, 2.45) is 0 Å². The van der Waals surface area contributed by atoms with Gasteiger partial charge in [0.05, 0.1) is 52.9 Å². The van der Waals surface area contributed by atoms with Gasteiger partial charge in [-0.2, -0.15) is 0 Å². The Morgan fingerprint density at radius 3 is 0.519 bits per heavy atom. The smallest absolute Gasteiger partial charge is 0.320 e. The van der Waals surface area contributed by atoms with Gasteiger partial charge in [0.25, 0.3) is 0 Å². The molecule has 28 N–H and O–H groups in total. The molecule has 0 aliphatic carbocycles. The molecular weight excluding hydrogens is 1410 g/mol. The molecule has 1 heterocycles. The van der Waals surface area contributed by atoms with E-state index in [1.54, 1.807) is 0 Å². The van der Waals surface area contributed by atoms with Crippen LogP contribution in [0.25, 0.3) is 0 Å². The predicted octanol–water partition coefficient (Wildman–Crippen LogP) is -16.8. The normalized spacial score (nSPS) is 20.1. The highest BCUT2D eigenvalue weighted by atomic mass is 16.4. The minimum Gasteiger partial charge on any atom is -0.480 e. The van der Waals surface area contributed by atoms with E-state index in [1.807, 2.05) is 0 Å². The van der Waals surface area contributed by atoms with E-state index in [9.17, 15) is 181 Å². The van der Waals surface area contributed by atoms with Crippen molar-refractivity contribution in [1.82, 2.24) is 39.2 Å². The van der Waals surface area contributed by atoms with Crippen LogP contribution in [-0.2, 0) is 38.4 Å². The second-order valence-corrected chi connectivity index (χ2v) is 25.2. The summed E-state index contributed by atoms with van der Waals surface area (Å²) in [6.07, 6.45) is -40.2. The number of carboxylic acids is 4. The van der Waals surface area contributed by atoms with Crippen LogP contribution in [0.4, 0.5) is 0 Å². The Bertz CT molecular complexity index is 2170. The van der Waals surface area contributed by atoms with Gasteiger partial charge in [-0.3, -0.25) is 58.0 Å². The Labute approximate surface area is 597 Å². The number of aliphatic hydroxyl groups excluding tert-OH is 24. The molecule has 0 radical (unpaired) electrons. The van der Waals surface area contributed by atoms with Crippen LogP contribution in [-0.4, -0.2) is 509 Å². The molecule has 44 heteroatoms. The van der Waals surface area contributed by atoms with Gasteiger partial charge < -0.3 is 163 Å². The van der Waals surface area contributed by atoms with Gasteiger partial charge in [-0.05, 0) is 25.7 Å². The van der Waals surface area contributed by atoms with Crippen LogP contribution in [0, 0.1) is 0 Å². The van der Waals surface area contributed by atoms with Crippen molar-refractivity contribution in [3.8, 4) is 0 Å². The van der Waals surface area contributed by atoms with Crippen LogP contribution >= 0.6 is 0 Å². The highest BCUT2D eigenvalue weighted by molar-refractivity contribution is 5.79. The van der Waals surface area contributed by atoms with Crippen molar-refractivity contribution >= 4 is 47.5 Å². The largest absolute Gasteiger partial charge is 0.480 e. The number of carboxylic acid groups (broad SMARTS) is 4. The third-order valence-electron chi connectivity index (χ3n) is 17.9. The van der Waals surface area contributed by atoms with Gasteiger partial charge in [-0.25, -0.2) is 0 Å². The summed E-state index contributed by atoms with van der Waals surface area (Å²) in [7, 11) is 0. The summed E-state index contributed by atoms with van der Waals surface area (Å²) in [5.41, 5.74) is 0. The molecule has 0 aromatic rings. The third kappa shape index (κ3) is 31.8. The molecule has 608 valence electrons. The zero-order valence-corrected chi connectivity index (χ0v) is 57.5. The fourth-order valence-corrected chi connectivity index (χ4v) is 11.6. The van der Waals surface area contributed by atoms with Gasteiger partial charge >= 0.3 is 23.9 Å². The van der Waals surface area contributed by atoms with E-state index >= 15 is 0 Å². The van der Waals surface area contributed by atoms with Crippen LogP contribution in [0.5, 0.6) is 0 Å². The van der Waals surface area contributed by atoms with Crippen molar-refractivity contribution < 1.29 is 181 Å². The molecule has 4 amide bonds. The van der Waals surface area contributed by atoms with Crippen molar-refractivity contribution in [2.75, 3.05) is 158 Å². The summed E-state index contributed by atoms with van der Waals surface area (Å²) in [6, 6.07) is -7.53. The first-order chi connectivity index (χ1) is 48.9. The summed E-state index contributed by atoms with van der Waals surface area (Å²) < 4.78 is 0. The average Bonchev–Trinajstić information content (AvgIpc) is 0.842. The number of hydrogen-bond donors (Lipinski definition) is 28. The van der Waals surface area contributed by atoms with E-state index in [0.29, 0.717) is 0 Å².